The lowest BCUT2D eigenvalue weighted by molar-refractivity contribution is -0.133. The summed E-state index contributed by atoms with van der Waals surface area (Å²) in [6, 6.07) is 0. The number of carbonyl (C=O) groups is 1. The van der Waals surface area contributed by atoms with E-state index in [0.717, 1.165) is 25.2 Å². The summed E-state index contributed by atoms with van der Waals surface area (Å²) in [4.78, 5) is 10.6. The molecule has 0 radical (unpaired) electrons. The Labute approximate surface area is 112 Å². The first-order valence-corrected chi connectivity index (χ1v) is 7.15. The van der Waals surface area contributed by atoms with E-state index in [1.807, 2.05) is 6.92 Å². The van der Waals surface area contributed by atoms with Crippen LogP contribution in [0.1, 0.15) is 39.9 Å². The Morgan fingerprint density at radius 3 is 2.56 bits per heavy atom. The van der Waals surface area contributed by atoms with Crippen LogP contribution in [-0.2, 0) is 17.8 Å². The zero-order valence-electron chi connectivity index (χ0n) is 11.4. The van der Waals surface area contributed by atoms with E-state index in [0.29, 0.717) is 5.16 Å². The molecule has 0 aliphatic rings. The molecule has 1 heterocycles. The van der Waals surface area contributed by atoms with Crippen LogP contribution < -0.4 is 0 Å². The Balaban J connectivity index is 2.91. The van der Waals surface area contributed by atoms with Crippen molar-refractivity contribution < 1.29 is 9.90 Å². The van der Waals surface area contributed by atoms with Gasteiger partial charge >= 0.3 is 5.97 Å². The smallest absolute Gasteiger partial charge is 0.313 e. The second kappa shape index (κ2) is 6.22. The highest BCUT2D eigenvalue weighted by atomic mass is 32.2. The molecule has 0 spiro atoms. The maximum Gasteiger partial charge on any atom is 0.313 e. The molecule has 0 unspecified atom stereocenters. The van der Waals surface area contributed by atoms with Crippen LogP contribution in [0.4, 0.5) is 0 Å². The van der Waals surface area contributed by atoms with E-state index in [4.69, 9.17) is 5.11 Å². The first-order valence-electron chi connectivity index (χ1n) is 6.16. The number of rotatable bonds is 7. The summed E-state index contributed by atoms with van der Waals surface area (Å²) < 4.78 is 2.05. The van der Waals surface area contributed by atoms with Crippen molar-refractivity contribution >= 4 is 17.7 Å². The third-order valence-electron chi connectivity index (χ3n) is 2.98. The molecule has 0 saturated heterocycles. The third-order valence-corrected chi connectivity index (χ3v) is 3.93. The van der Waals surface area contributed by atoms with Crippen molar-refractivity contribution in [3.8, 4) is 0 Å². The molecule has 0 amide bonds. The average Bonchev–Trinajstić information content (AvgIpc) is 2.68. The first kappa shape index (κ1) is 15.0. The van der Waals surface area contributed by atoms with Crippen molar-refractivity contribution in [3.63, 3.8) is 0 Å². The SMILES string of the molecule is CCc1nnc(SCC(=O)O)n1CC(C)(C)CC. The van der Waals surface area contributed by atoms with Crippen LogP contribution in [0.2, 0.25) is 0 Å². The van der Waals surface area contributed by atoms with E-state index in [2.05, 4.69) is 35.5 Å². The van der Waals surface area contributed by atoms with E-state index in [1.54, 1.807) is 0 Å². The van der Waals surface area contributed by atoms with Crippen LogP contribution in [0, 0.1) is 5.41 Å². The van der Waals surface area contributed by atoms with Crippen molar-refractivity contribution in [2.75, 3.05) is 5.75 Å². The first-order chi connectivity index (χ1) is 8.39. The molecule has 1 rings (SSSR count). The molecule has 6 heteroatoms. The summed E-state index contributed by atoms with van der Waals surface area (Å²) in [5.74, 6) is 0.112. The fraction of sp³-hybridized carbons (Fsp3) is 0.750. The Hall–Kier alpha value is -1.04. The number of hydrogen-bond donors (Lipinski definition) is 1. The molecule has 0 aliphatic heterocycles. The minimum absolute atomic E-state index is 0.0222. The summed E-state index contributed by atoms with van der Waals surface area (Å²) in [6.07, 6.45) is 1.86. The largest absolute Gasteiger partial charge is 0.481 e. The van der Waals surface area contributed by atoms with Crippen molar-refractivity contribution in [1.29, 1.82) is 0 Å². The van der Waals surface area contributed by atoms with Crippen LogP contribution in [-0.4, -0.2) is 31.6 Å². The second-order valence-corrected chi connectivity index (χ2v) is 5.98. The Morgan fingerprint density at radius 1 is 1.39 bits per heavy atom. The molecule has 0 saturated carbocycles. The van der Waals surface area contributed by atoms with Gasteiger partial charge in [0.2, 0.25) is 0 Å². The Morgan fingerprint density at radius 2 is 2.06 bits per heavy atom. The zero-order chi connectivity index (χ0) is 13.8. The van der Waals surface area contributed by atoms with Crippen LogP contribution in [0.15, 0.2) is 5.16 Å². The van der Waals surface area contributed by atoms with Gasteiger partial charge in [-0.2, -0.15) is 0 Å². The molecule has 0 fully saturated rings. The second-order valence-electron chi connectivity index (χ2n) is 5.04. The molecule has 5 nitrogen and oxygen atoms in total. The molecule has 0 aliphatic carbocycles. The van der Waals surface area contributed by atoms with Gasteiger partial charge in [-0.3, -0.25) is 4.79 Å². The maximum absolute atomic E-state index is 10.6. The summed E-state index contributed by atoms with van der Waals surface area (Å²) in [5.41, 5.74) is 0.158. The fourth-order valence-electron chi connectivity index (χ4n) is 1.51. The minimum Gasteiger partial charge on any atom is -0.481 e. The van der Waals surface area contributed by atoms with Gasteiger partial charge in [0, 0.05) is 13.0 Å². The molecular weight excluding hydrogens is 250 g/mol. The van der Waals surface area contributed by atoms with Gasteiger partial charge in [0.1, 0.15) is 5.82 Å². The number of thioether (sulfide) groups is 1. The molecule has 0 bridgehead atoms. The number of aryl methyl sites for hydroxylation is 1. The van der Waals surface area contributed by atoms with Crippen molar-refractivity contribution in [1.82, 2.24) is 14.8 Å². The number of carboxylic acids is 1. The van der Waals surface area contributed by atoms with E-state index in [-0.39, 0.29) is 11.2 Å². The van der Waals surface area contributed by atoms with Gasteiger partial charge in [-0.1, -0.05) is 39.5 Å². The predicted molar refractivity (Wildman–Crippen MR) is 71.8 cm³/mol. The molecule has 1 N–H and O–H groups in total. The van der Waals surface area contributed by atoms with Crippen LogP contribution >= 0.6 is 11.8 Å². The number of nitrogens with zero attached hydrogens (tertiary/aromatic N) is 3. The van der Waals surface area contributed by atoms with Gasteiger partial charge in [-0.25, -0.2) is 0 Å². The number of carboxylic acid groups (broad SMARTS) is 1. The predicted octanol–water partition coefficient (Wildman–Crippen LogP) is 2.45. The van der Waals surface area contributed by atoms with E-state index < -0.39 is 5.97 Å². The lowest BCUT2D eigenvalue weighted by Crippen LogP contribution is -2.21. The zero-order valence-corrected chi connectivity index (χ0v) is 12.3. The van der Waals surface area contributed by atoms with E-state index >= 15 is 0 Å². The summed E-state index contributed by atoms with van der Waals surface area (Å²) >= 11 is 1.23. The third kappa shape index (κ3) is 4.01. The van der Waals surface area contributed by atoms with Crippen LogP contribution in [0.25, 0.3) is 0 Å². The Kier molecular flexibility index (Phi) is 5.19. The van der Waals surface area contributed by atoms with Crippen LogP contribution in [0.5, 0.6) is 0 Å². The molecule has 0 atom stereocenters. The lowest BCUT2D eigenvalue weighted by atomic mass is 9.90. The summed E-state index contributed by atoms with van der Waals surface area (Å²) in [6.45, 7) is 9.39. The van der Waals surface area contributed by atoms with Gasteiger partial charge in [0.15, 0.2) is 5.16 Å². The van der Waals surface area contributed by atoms with Gasteiger partial charge in [-0.15, -0.1) is 10.2 Å². The lowest BCUT2D eigenvalue weighted by Gasteiger charge is -2.24. The minimum atomic E-state index is -0.831. The maximum atomic E-state index is 10.6. The molecule has 1 aromatic rings. The Bertz CT molecular complexity index is 415. The number of hydrogen-bond acceptors (Lipinski definition) is 4. The van der Waals surface area contributed by atoms with Gasteiger partial charge < -0.3 is 9.67 Å². The van der Waals surface area contributed by atoms with Gasteiger partial charge in [-0.05, 0) is 11.8 Å². The normalized spacial score (nSPS) is 11.8. The average molecular weight is 271 g/mol. The monoisotopic (exact) mass is 271 g/mol. The molecule has 1 aromatic heterocycles. The molecule has 18 heavy (non-hydrogen) atoms. The topological polar surface area (TPSA) is 68.0 Å². The number of aliphatic carboxylic acids is 1. The summed E-state index contributed by atoms with van der Waals surface area (Å²) in [5, 5.41) is 17.7. The highest BCUT2D eigenvalue weighted by Crippen LogP contribution is 2.26. The highest BCUT2D eigenvalue weighted by molar-refractivity contribution is 7.99. The quantitative estimate of drug-likeness (QED) is 0.771. The van der Waals surface area contributed by atoms with Crippen molar-refractivity contribution in [3.05, 3.63) is 5.82 Å². The van der Waals surface area contributed by atoms with E-state index in [1.165, 1.54) is 11.8 Å². The summed E-state index contributed by atoms with van der Waals surface area (Å²) in [7, 11) is 0. The van der Waals surface area contributed by atoms with Crippen molar-refractivity contribution in [2.24, 2.45) is 5.41 Å². The molecular formula is C12H21N3O2S. The van der Waals surface area contributed by atoms with Crippen LogP contribution in [0.3, 0.4) is 0 Å². The van der Waals surface area contributed by atoms with Crippen molar-refractivity contribution in [2.45, 2.75) is 52.2 Å². The van der Waals surface area contributed by atoms with Gasteiger partial charge in [0.05, 0.1) is 5.75 Å². The van der Waals surface area contributed by atoms with E-state index in [9.17, 15) is 4.79 Å². The molecule has 102 valence electrons. The standard InChI is InChI=1S/C12H21N3O2S/c1-5-9-13-14-11(18-7-10(16)17)15(9)8-12(3,4)6-2/h5-8H2,1-4H3,(H,16,17). The highest BCUT2D eigenvalue weighted by Gasteiger charge is 2.21. The number of aromatic nitrogens is 3. The fourth-order valence-corrected chi connectivity index (χ4v) is 2.19. The van der Waals surface area contributed by atoms with Gasteiger partial charge in [0.25, 0.3) is 0 Å². The molecule has 0 aromatic carbocycles.